The number of piperazine rings is 1. The molecular formula is C13H19N3O. The lowest BCUT2D eigenvalue weighted by Gasteiger charge is -2.27. The number of carbonyl (C=O) groups is 1. The molecule has 1 aromatic rings. The van der Waals surface area contributed by atoms with Gasteiger partial charge in [0.25, 0.3) is 0 Å². The van der Waals surface area contributed by atoms with Gasteiger partial charge in [-0.1, -0.05) is 12.1 Å². The molecule has 17 heavy (non-hydrogen) atoms. The summed E-state index contributed by atoms with van der Waals surface area (Å²) >= 11 is 0. The largest absolute Gasteiger partial charge is 0.330 e. The maximum atomic E-state index is 11.8. The molecule has 1 fully saturated rings. The van der Waals surface area contributed by atoms with Crippen molar-refractivity contribution < 1.29 is 4.79 Å². The molecule has 2 rings (SSSR count). The number of anilines is 1. The van der Waals surface area contributed by atoms with Crippen molar-refractivity contribution in [1.82, 2.24) is 5.32 Å². The van der Waals surface area contributed by atoms with E-state index in [0.717, 1.165) is 31.6 Å². The van der Waals surface area contributed by atoms with E-state index in [2.05, 4.69) is 17.4 Å². The molecule has 1 saturated heterocycles. The Balaban J connectivity index is 2.11. The second kappa shape index (κ2) is 5.80. The Labute approximate surface area is 102 Å². The lowest BCUT2D eigenvalue weighted by molar-refractivity contribution is -0.118. The summed E-state index contributed by atoms with van der Waals surface area (Å²) in [6, 6.07) is 8.19. The Kier molecular flexibility index (Phi) is 4.12. The number of rotatable bonds is 4. The maximum Gasteiger partial charge on any atom is 0.240 e. The standard InChI is InChI=1S/C13H19N3O/c14-6-2-4-11-3-1-5-12(9-11)16-8-7-15-10-13(16)17/h1,3,5,9,15H,2,4,6-8,10,14H2. The van der Waals surface area contributed by atoms with Gasteiger partial charge in [-0.15, -0.1) is 0 Å². The minimum Gasteiger partial charge on any atom is -0.330 e. The second-order valence-electron chi connectivity index (χ2n) is 4.28. The second-order valence-corrected chi connectivity index (χ2v) is 4.28. The summed E-state index contributed by atoms with van der Waals surface area (Å²) in [7, 11) is 0. The van der Waals surface area contributed by atoms with Crippen LogP contribution in [0.1, 0.15) is 12.0 Å². The lowest BCUT2D eigenvalue weighted by atomic mass is 10.1. The van der Waals surface area contributed by atoms with Gasteiger partial charge in [0.15, 0.2) is 0 Å². The minimum atomic E-state index is 0.146. The highest BCUT2D eigenvalue weighted by molar-refractivity contribution is 5.95. The number of hydrogen-bond donors (Lipinski definition) is 2. The third kappa shape index (κ3) is 3.05. The van der Waals surface area contributed by atoms with Crippen LogP contribution in [-0.2, 0) is 11.2 Å². The first-order chi connectivity index (χ1) is 8.31. The Morgan fingerprint density at radius 3 is 3.06 bits per heavy atom. The predicted molar refractivity (Wildman–Crippen MR) is 69.0 cm³/mol. The van der Waals surface area contributed by atoms with Crippen LogP contribution in [0.2, 0.25) is 0 Å². The van der Waals surface area contributed by atoms with Gasteiger partial charge < -0.3 is 16.0 Å². The van der Waals surface area contributed by atoms with Gasteiger partial charge in [-0.25, -0.2) is 0 Å². The van der Waals surface area contributed by atoms with Crippen molar-refractivity contribution in [2.45, 2.75) is 12.8 Å². The molecule has 0 bridgehead atoms. The highest BCUT2D eigenvalue weighted by Gasteiger charge is 2.18. The van der Waals surface area contributed by atoms with Crippen molar-refractivity contribution in [3.8, 4) is 0 Å². The summed E-state index contributed by atoms with van der Waals surface area (Å²) in [6.45, 7) is 2.75. The van der Waals surface area contributed by atoms with Gasteiger partial charge in [0.1, 0.15) is 0 Å². The van der Waals surface area contributed by atoms with Gasteiger partial charge in [-0.3, -0.25) is 4.79 Å². The number of nitrogens with two attached hydrogens (primary N) is 1. The molecular weight excluding hydrogens is 214 g/mol. The van der Waals surface area contributed by atoms with Crippen molar-refractivity contribution in [2.24, 2.45) is 5.73 Å². The highest BCUT2D eigenvalue weighted by Crippen LogP contribution is 2.18. The zero-order valence-corrected chi connectivity index (χ0v) is 9.98. The van der Waals surface area contributed by atoms with Crippen molar-refractivity contribution in [3.05, 3.63) is 29.8 Å². The summed E-state index contributed by atoms with van der Waals surface area (Å²) in [5, 5.41) is 3.08. The van der Waals surface area contributed by atoms with Crippen molar-refractivity contribution in [1.29, 1.82) is 0 Å². The van der Waals surface area contributed by atoms with Gasteiger partial charge in [-0.2, -0.15) is 0 Å². The molecule has 1 aromatic carbocycles. The molecule has 3 N–H and O–H groups in total. The smallest absolute Gasteiger partial charge is 0.240 e. The quantitative estimate of drug-likeness (QED) is 0.797. The van der Waals surface area contributed by atoms with E-state index in [4.69, 9.17) is 5.73 Å². The summed E-state index contributed by atoms with van der Waals surface area (Å²) in [5.74, 6) is 0.146. The maximum absolute atomic E-state index is 11.8. The number of benzene rings is 1. The fraction of sp³-hybridized carbons (Fsp3) is 0.462. The van der Waals surface area contributed by atoms with Gasteiger partial charge in [0.2, 0.25) is 5.91 Å². The summed E-state index contributed by atoms with van der Waals surface area (Å²) in [4.78, 5) is 13.6. The average molecular weight is 233 g/mol. The van der Waals surface area contributed by atoms with E-state index in [1.54, 1.807) is 0 Å². The van der Waals surface area contributed by atoms with Crippen LogP contribution in [0.4, 0.5) is 5.69 Å². The number of amides is 1. The van der Waals surface area contributed by atoms with E-state index in [9.17, 15) is 4.79 Å². The molecule has 1 amide bonds. The average Bonchev–Trinajstić information content (AvgIpc) is 2.37. The van der Waals surface area contributed by atoms with Crippen molar-refractivity contribution in [3.63, 3.8) is 0 Å². The Bertz CT molecular complexity index is 392. The normalized spacial score (nSPS) is 16.3. The molecule has 0 radical (unpaired) electrons. The third-order valence-corrected chi connectivity index (χ3v) is 2.98. The third-order valence-electron chi connectivity index (χ3n) is 2.98. The summed E-state index contributed by atoms with van der Waals surface area (Å²) in [5.41, 5.74) is 7.76. The van der Waals surface area contributed by atoms with E-state index in [1.807, 2.05) is 17.0 Å². The van der Waals surface area contributed by atoms with Crippen LogP contribution in [0.5, 0.6) is 0 Å². The molecule has 4 nitrogen and oxygen atoms in total. The number of hydrogen-bond acceptors (Lipinski definition) is 3. The first kappa shape index (κ1) is 12.1. The van der Waals surface area contributed by atoms with E-state index in [-0.39, 0.29) is 5.91 Å². The fourth-order valence-corrected chi connectivity index (χ4v) is 2.07. The minimum absolute atomic E-state index is 0.146. The summed E-state index contributed by atoms with van der Waals surface area (Å²) < 4.78 is 0. The van der Waals surface area contributed by atoms with E-state index < -0.39 is 0 Å². The Morgan fingerprint density at radius 1 is 1.41 bits per heavy atom. The summed E-state index contributed by atoms with van der Waals surface area (Å²) in [6.07, 6.45) is 1.96. The molecule has 0 atom stereocenters. The highest BCUT2D eigenvalue weighted by atomic mass is 16.2. The molecule has 0 saturated carbocycles. The van der Waals surface area contributed by atoms with Crippen molar-refractivity contribution >= 4 is 11.6 Å². The van der Waals surface area contributed by atoms with Gasteiger partial charge in [0.05, 0.1) is 6.54 Å². The van der Waals surface area contributed by atoms with Crippen LogP contribution < -0.4 is 16.0 Å². The van der Waals surface area contributed by atoms with Gasteiger partial charge >= 0.3 is 0 Å². The molecule has 1 heterocycles. The molecule has 0 aliphatic carbocycles. The number of nitrogens with one attached hydrogen (secondary N) is 1. The van der Waals surface area contributed by atoms with Crippen LogP contribution >= 0.6 is 0 Å². The molecule has 0 unspecified atom stereocenters. The van der Waals surface area contributed by atoms with Gasteiger partial charge in [-0.05, 0) is 37.1 Å². The number of nitrogens with zero attached hydrogens (tertiary/aromatic N) is 1. The lowest BCUT2D eigenvalue weighted by Crippen LogP contribution is -2.48. The van der Waals surface area contributed by atoms with Crippen molar-refractivity contribution in [2.75, 3.05) is 31.1 Å². The molecule has 1 aliphatic heterocycles. The SMILES string of the molecule is NCCCc1cccc(N2CCNCC2=O)c1. The van der Waals surface area contributed by atoms with E-state index in [0.29, 0.717) is 13.1 Å². The predicted octanol–water partition coefficient (Wildman–Crippen LogP) is 0.514. The van der Waals surface area contributed by atoms with Crippen LogP contribution in [0.25, 0.3) is 0 Å². The monoisotopic (exact) mass is 233 g/mol. The van der Waals surface area contributed by atoms with E-state index in [1.165, 1.54) is 5.56 Å². The van der Waals surface area contributed by atoms with Crippen LogP contribution in [-0.4, -0.2) is 32.1 Å². The number of carbonyl (C=O) groups excluding carboxylic acids is 1. The molecule has 0 spiro atoms. The van der Waals surface area contributed by atoms with Gasteiger partial charge in [0, 0.05) is 18.8 Å². The molecule has 92 valence electrons. The van der Waals surface area contributed by atoms with E-state index >= 15 is 0 Å². The van der Waals surface area contributed by atoms with Crippen LogP contribution in [0.3, 0.4) is 0 Å². The molecule has 4 heteroatoms. The number of aryl methyl sites for hydroxylation is 1. The topological polar surface area (TPSA) is 58.4 Å². The fourth-order valence-electron chi connectivity index (χ4n) is 2.07. The first-order valence-electron chi connectivity index (χ1n) is 6.11. The first-order valence-corrected chi connectivity index (χ1v) is 6.11. The Hall–Kier alpha value is -1.39. The molecule has 1 aliphatic rings. The van der Waals surface area contributed by atoms with Crippen LogP contribution in [0.15, 0.2) is 24.3 Å². The molecule has 0 aromatic heterocycles. The Morgan fingerprint density at radius 2 is 2.29 bits per heavy atom. The zero-order chi connectivity index (χ0) is 12.1. The zero-order valence-electron chi connectivity index (χ0n) is 9.98. The van der Waals surface area contributed by atoms with Crippen LogP contribution in [0, 0.1) is 0 Å².